The fourth-order valence-electron chi connectivity index (χ4n) is 2.67. The first kappa shape index (κ1) is 17.8. The van der Waals surface area contributed by atoms with Crippen LogP contribution in [0.4, 0.5) is 0 Å². The topological polar surface area (TPSA) is 89.9 Å². The maximum absolute atomic E-state index is 12.8. The molecule has 1 aromatic carbocycles. The minimum Gasteiger partial charge on any atom is -0.336 e. The maximum atomic E-state index is 12.8. The lowest BCUT2D eigenvalue weighted by atomic mass is 10.1. The number of nitrogens with zero attached hydrogens (tertiary/aromatic N) is 5. The molecule has 1 amide bonds. The quantitative estimate of drug-likeness (QED) is 0.663. The largest absolute Gasteiger partial charge is 0.336 e. The Bertz CT molecular complexity index is 818. The average Bonchev–Trinajstić information content (AvgIpc) is 3.14. The van der Waals surface area contributed by atoms with E-state index in [1.807, 2.05) is 48.5 Å². The molecule has 0 saturated heterocycles. The minimum absolute atomic E-state index is 0.154. The third kappa shape index (κ3) is 4.73. The zero-order valence-electron chi connectivity index (χ0n) is 14.5. The summed E-state index contributed by atoms with van der Waals surface area (Å²) in [5.74, 6) is -0.154. The molecular weight excluding hydrogens is 328 g/mol. The van der Waals surface area contributed by atoms with Crippen molar-refractivity contribution in [2.75, 3.05) is 19.6 Å². The molecule has 0 bridgehead atoms. The summed E-state index contributed by atoms with van der Waals surface area (Å²) >= 11 is 0. The van der Waals surface area contributed by atoms with Crippen LogP contribution < -0.4 is 5.73 Å². The molecule has 2 N–H and O–H groups in total. The van der Waals surface area contributed by atoms with E-state index in [1.54, 1.807) is 22.0 Å². The van der Waals surface area contributed by atoms with Gasteiger partial charge < -0.3 is 10.6 Å². The lowest BCUT2D eigenvalue weighted by Gasteiger charge is -2.20. The van der Waals surface area contributed by atoms with Gasteiger partial charge in [-0.3, -0.25) is 9.78 Å². The fraction of sp³-hybridized carbons (Fsp3) is 0.263. The summed E-state index contributed by atoms with van der Waals surface area (Å²) in [5, 5.41) is 8.06. The van der Waals surface area contributed by atoms with Crippen LogP contribution in [0.5, 0.6) is 0 Å². The third-order valence-corrected chi connectivity index (χ3v) is 4.01. The van der Waals surface area contributed by atoms with Crippen LogP contribution in [0.3, 0.4) is 0 Å². The number of pyridine rings is 1. The average molecular weight is 350 g/mol. The van der Waals surface area contributed by atoms with Crippen LogP contribution in [0.2, 0.25) is 0 Å². The first-order chi connectivity index (χ1) is 12.8. The molecule has 0 aliphatic carbocycles. The Kier molecular flexibility index (Phi) is 6.05. The molecule has 0 unspecified atom stereocenters. The van der Waals surface area contributed by atoms with Crippen LogP contribution in [0, 0.1) is 0 Å². The number of hydrogen-bond donors (Lipinski definition) is 1. The van der Waals surface area contributed by atoms with E-state index in [1.165, 1.54) is 5.56 Å². The van der Waals surface area contributed by atoms with E-state index in [0.717, 1.165) is 12.1 Å². The molecule has 7 nitrogen and oxygen atoms in total. The smallest absolute Gasteiger partial charge is 0.276 e. The van der Waals surface area contributed by atoms with Gasteiger partial charge >= 0.3 is 0 Å². The minimum atomic E-state index is -0.154. The molecule has 0 aliphatic heterocycles. The van der Waals surface area contributed by atoms with Crippen molar-refractivity contribution in [3.8, 4) is 0 Å². The second kappa shape index (κ2) is 8.87. The molecule has 7 heteroatoms. The Morgan fingerprint density at radius 1 is 1.08 bits per heavy atom. The molecule has 0 radical (unpaired) electrons. The monoisotopic (exact) mass is 350 g/mol. The zero-order valence-corrected chi connectivity index (χ0v) is 14.5. The molecule has 0 atom stereocenters. The molecule has 3 aromatic rings. The molecule has 2 aromatic heterocycles. The molecular formula is C19H22N6O. The maximum Gasteiger partial charge on any atom is 0.276 e. The van der Waals surface area contributed by atoms with Gasteiger partial charge in [0.25, 0.3) is 5.91 Å². The van der Waals surface area contributed by atoms with E-state index in [0.29, 0.717) is 31.9 Å². The summed E-state index contributed by atoms with van der Waals surface area (Å²) < 4.78 is 1.62. The predicted octanol–water partition coefficient (Wildman–Crippen LogP) is 1.36. The van der Waals surface area contributed by atoms with Crippen LogP contribution in [-0.4, -0.2) is 50.4 Å². The van der Waals surface area contributed by atoms with Crippen molar-refractivity contribution in [3.05, 3.63) is 77.9 Å². The van der Waals surface area contributed by atoms with E-state index in [9.17, 15) is 4.79 Å². The van der Waals surface area contributed by atoms with E-state index >= 15 is 0 Å². The van der Waals surface area contributed by atoms with Crippen molar-refractivity contribution in [2.24, 2.45) is 5.73 Å². The van der Waals surface area contributed by atoms with Gasteiger partial charge in [0, 0.05) is 25.8 Å². The summed E-state index contributed by atoms with van der Waals surface area (Å²) in [7, 11) is 0. The van der Waals surface area contributed by atoms with Crippen LogP contribution >= 0.6 is 0 Å². The number of nitrogens with two attached hydrogens (primary N) is 1. The lowest BCUT2D eigenvalue weighted by molar-refractivity contribution is 0.0756. The predicted molar refractivity (Wildman–Crippen MR) is 98.5 cm³/mol. The van der Waals surface area contributed by atoms with Gasteiger partial charge in [-0.05, 0) is 24.1 Å². The fourth-order valence-corrected chi connectivity index (χ4v) is 2.67. The van der Waals surface area contributed by atoms with Gasteiger partial charge in [-0.25, -0.2) is 4.68 Å². The van der Waals surface area contributed by atoms with E-state index < -0.39 is 0 Å². The Labute approximate surface area is 152 Å². The Morgan fingerprint density at radius 3 is 2.62 bits per heavy atom. The van der Waals surface area contributed by atoms with Crippen LogP contribution in [-0.2, 0) is 13.0 Å². The SMILES string of the molecule is NCCN(CCc1ccccc1)C(=O)c1cn(Cc2ccccn2)nn1. The molecule has 0 spiro atoms. The van der Waals surface area contributed by atoms with Gasteiger partial charge in [-0.1, -0.05) is 41.6 Å². The first-order valence-corrected chi connectivity index (χ1v) is 8.59. The Hall–Kier alpha value is -3.06. The number of aromatic nitrogens is 4. The number of carbonyl (C=O) groups is 1. The molecule has 3 rings (SSSR count). The summed E-state index contributed by atoms with van der Waals surface area (Å²) in [5.41, 5.74) is 8.04. The highest BCUT2D eigenvalue weighted by molar-refractivity contribution is 5.91. The van der Waals surface area contributed by atoms with Crippen LogP contribution in [0.1, 0.15) is 21.7 Å². The van der Waals surface area contributed by atoms with Gasteiger partial charge in [0.2, 0.25) is 0 Å². The van der Waals surface area contributed by atoms with Crippen molar-refractivity contribution >= 4 is 5.91 Å². The Morgan fingerprint density at radius 2 is 1.88 bits per heavy atom. The highest BCUT2D eigenvalue weighted by Gasteiger charge is 2.18. The summed E-state index contributed by atoms with van der Waals surface area (Å²) in [6.45, 7) is 1.95. The summed E-state index contributed by atoms with van der Waals surface area (Å²) in [4.78, 5) is 18.7. The van der Waals surface area contributed by atoms with E-state index in [-0.39, 0.29) is 5.91 Å². The standard InChI is InChI=1S/C19H22N6O/c20-10-13-24(12-9-16-6-2-1-3-7-16)19(26)18-15-25(23-22-18)14-17-8-4-5-11-21-17/h1-8,11,15H,9-10,12-14,20H2. The lowest BCUT2D eigenvalue weighted by Crippen LogP contribution is -2.37. The van der Waals surface area contributed by atoms with E-state index in [4.69, 9.17) is 5.73 Å². The van der Waals surface area contributed by atoms with Crippen molar-refractivity contribution in [1.29, 1.82) is 0 Å². The molecule has 26 heavy (non-hydrogen) atoms. The number of benzene rings is 1. The van der Waals surface area contributed by atoms with Crippen molar-refractivity contribution in [2.45, 2.75) is 13.0 Å². The van der Waals surface area contributed by atoms with Gasteiger partial charge in [0.1, 0.15) is 0 Å². The summed E-state index contributed by atoms with van der Waals surface area (Å²) in [6, 6.07) is 15.7. The third-order valence-electron chi connectivity index (χ3n) is 4.01. The normalized spacial score (nSPS) is 10.7. The van der Waals surface area contributed by atoms with Crippen LogP contribution in [0.15, 0.2) is 60.9 Å². The van der Waals surface area contributed by atoms with Gasteiger partial charge in [0.15, 0.2) is 5.69 Å². The zero-order chi connectivity index (χ0) is 18.2. The second-order valence-corrected chi connectivity index (χ2v) is 5.94. The molecule has 134 valence electrons. The van der Waals surface area contributed by atoms with Gasteiger partial charge in [-0.15, -0.1) is 5.10 Å². The number of carbonyl (C=O) groups excluding carboxylic acids is 1. The van der Waals surface area contributed by atoms with Gasteiger partial charge in [-0.2, -0.15) is 0 Å². The van der Waals surface area contributed by atoms with Crippen molar-refractivity contribution in [3.63, 3.8) is 0 Å². The second-order valence-electron chi connectivity index (χ2n) is 5.94. The summed E-state index contributed by atoms with van der Waals surface area (Å²) in [6.07, 6.45) is 4.16. The molecule has 2 heterocycles. The highest BCUT2D eigenvalue weighted by atomic mass is 16.2. The molecule has 0 saturated carbocycles. The van der Waals surface area contributed by atoms with E-state index in [2.05, 4.69) is 15.3 Å². The highest BCUT2D eigenvalue weighted by Crippen LogP contribution is 2.06. The first-order valence-electron chi connectivity index (χ1n) is 8.59. The van der Waals surface area contributed by atoms with Crippen molar-refractivity contribution in [1.82, 2.24) is 24.9 Å². The molecule has 0 aliphatic rings. The Balaban J connectivity index is 1.65. The number of amides is 1. The number of rotatable bonds is 8. The number of hydrogen-bond acceptors (Lipinski definition) is 5. The molecule has 0 fully saturated rings. The van der Waals surface area contributed by atoms with Crippen LogP contribution in [0.25, 0.3) is 0 Å². The van der Waals surface area contributed by atoms with Crippen molar-refractivity contribution < 1.29 is 4.79 Å². The van der Waals surface area contributed by atoms with Gasteiger partial charge in [0.05, 0.1) is 18.4 Å².